The van der Waals surface area contributed by atoms with Crippen molar-refractivity contribution in [3.05, 3.63) is 254 Å². The molecule has 6 aromatic heterocycles. The molecule has 0 fully saturated rings. The molecule has 0 saturated heterocycles. The number of para-hydroxylation sites is 8. The van der Waals surface area contributed by atoms with E-state index in [9.17, 15) is 5.26 Å². The highest BCUT2D eigenvalue weighted by molar-refractivity contribution is 6.20. The smallest absolute Gasteiger partial charge is 0.418 e. The lowest BCUT2D eigenvalue weighted by molar-refractivity contribution is -0.137. The maximum absolute atomic E-state index is 17.1. The number of halogens is 3. The summed E-state index contributed by atoms with van der Waals surface area (Å²) in [6, 6.07) is 81.4. The monoisotopic (exact) mass is 1090 g/mol. The standard InChI is InChI=1S/C74H40F3N5O2/c75-74(76,77)57-36-54(66(80-60-27-11-3-19-45(60)46-20-4-12-28-61(46)80)38-69(57)82-63-30-14-6-22-48(63)53-35-56-50-24-8-16-32-71(50)84-73(56)40-68(53)82)51-33-42(41-78)64(37-65(51)79-58-25-9-1-17-43(58)44-18-2-10-26-59(44)79)81-62-29-13-5-21-47(62)52-34-55-49-23-7-15-31-70(49)83-72(55)39-67(52)81/h1-40H. The van der Waals surface area contributed by atoms with E-state index in [0.717, 1.165) is 103 Å². The van der Waals surface area contributed by atoms with Gasteiger partial charge in [-0.25, -0.2) is 0 Å². The van der Waals surface area contributed by atoms with Crippen molar-refractivity contribution >= 4 is 131 Å². The molecule has 84 heavy (non-hydrogen) atoms. The number of hydrogen-bond acceptors (Lipinski definition) is 3. The average Bonchev–Trinajstić information content (AvgIpc) is 2.25. The van der Waals surface area contributed by atoms with Crippen molar-refractivity contribution < 1.29 is 22.0 Å². The first-order valence-corrected chi connectivity index (χ1v) is 27.8. The molecule has 7 nitrogen and oxygen atoms in total. The zero-order valence-electron chi connectivity index (χ0n) is 44.3. The van der Waals surface area contributed by atoms with Gasteiger partial charge in [-0.1, -0.05) is 146 Å². The van der Waals surface area contributed by atoms with Gasteiger partial charge < -0.3 is 27.1 Å². The number of rotatable bonds is 5. The summed E-state index contributed by atoms with van der Waals surface area (Å²) in [6.07, 6.45) is -4.90. The van der Waals surface area contributed by atoms with E-state index in [1.807, 2.05) is 170 Å². The third kappa shape index (κ3) is 6.35. The molecule has 18 rings (SSSR count). The Hall–Kier alpha value is -11.3. The number of hydrogen-bond donors (Lipinski definition) is 0. The molecule has 0 atom stereocenters. The van der Waals surface area contributed by atoms with E-state index in [1.54, 1.807) is 16.7 Å². The second-order valence-corrected chi connectivity index (χ2v) is 21.8. The van der Waals surface area contributed by atoms with Crippen LogP contribution in [0.15, 0.2) is 251 Å². The summed E-state index contributed by atoms with van der Waals surface area (Å²) in [5, 5.41) is 22.9. The van der Waals surface area contributed by atoms with Crippen molar-refractivity contribution in [2.45, 2.75) is 6.18 Å². The van der Waals surface area contributed by atoms with Crippen molar-refractivity contribution in [2.75, 3.05) is 0 Å². The van der Waals surface area contributed by atoms with Crippen LogP contribution in [0.25, 0.3) is 165 Å². The SMILES string of the molecule is N#Cc1cc(-c2cc(C(F)(F)F)c(-n3c4ccccc4c4cc5c(cc43)oc3ccccc35)cc2-n2c3ccccc3c3ccccc32)c(-n2c3ccccc3c3ccccc32)cc1-n1c2ccccc2c2cc3c(cc21)oc1ccccc13. The first kappa shape index (κ1) is 46.5. The van der Waals surface area contributed by atoms with Crippen LogP contribution in [0.5, 0.6) is 0 Å². The summed E-state index contributed by atoms with van der Waals surface area (Å²) in [5.41, 5.74) is 10.4. The van der Waals surface area contributed by atoms with Crippen LogP contribution < -0.4 is 0 Å². The average molecular weight is 1090 g/mol. The normalized spacial score (nSPS) is 12.5. The highest BCUT2D eigenvalue weighted by Crippen LogP contribution is 2.49. The lowest BCUT2D eigenvalue weighted by atomic mass is 9.94. The fourth-order valence-electron chi connectivity index (χ4n) is 13.9. The van der Waals surface area contributed by atoms with Crippen molar-refractivity contribution in [2.24, 2.45) is 0 Å². The first-order valence-electron chi connectivity index (χ1n) is 27.8. The molecule has 394 valence electrons. The van der Waals surface area contributed by atoms with E-state index < -0.39 is 11.7 Å². The van der Waals surface area contributed by atoms with Crippen molar-refractivity contribution in [3.63, 3.8) is 0 Å². The Morgan fingerprint density at radius 3 is 1.00 bits per heavy atom. The molecule has 0 bridgehead atoms. The predicted octanol–water partition coefficient (Wildman–Crippen LogP) is 20.4. The summed E-state index contributed by atoms with van der Waals surface area (Å²) >= 11 is 0. The minimum Gasteiger partial charge on any atom is -0.456 e. The van der Waals surface area contributed by atoms with Gasteiger partial charge in [-0.3, -0.25) is 0 Å². The number of benzene rings is 12. The molecule has 0 radical (unpaired) electrons. The zero-order chi connectivity index (χ0) is 55.7. The molecule has 0 N–H and O–H groups in total. The maximum atomic E-state index is 17.1. The van der Waals surface area contributed by atoms with E-state index in [1.165, 1.54) is 6.07 Å². The number of alkyl halides is 3. The lowest BCUT2D eigenvalue weighted by Crippen LogP contribution is -2.14. The van der Waals surface area contributed by atoms with E-state index in [2.05, 4.69) is 74.4 Å². The Morgan fingerprint density at radius 1 is 0.286 bits per heavy atom. The molecule has 0 aliphatic rings. The molecule has 12 aromatic carbocycles. The molecule has 0 saturated carbocycles. The molecule has 18 aromatic rings. The second-order valence-electron chi connectivity index (χ2n) is 21.8. The van der Waals surface area contributed by atoms with E-state index in [0.29, 0.717) is 50.4 Å². The fraction of sp³-hybridized carbons (Fsp3) is 0.0135. The molecular formula is C74H40F3N5O2. The van der Waals surface area contributed by atoms with Gasteiger partial charge in [-0.05, 0) is 84.9 Å². The summed E-state index contributed by atoms with van der Waals surface area (Å²) in [4.78, 5) is 0. The van der Waals surface area contributed by atoms with Crippen LogP contribution in [0.3, 0.4) is 0 Å². The Bertz CT molecular complexity index is 5850. The third-order valence-electron chi connectivity index (χ3n) is 17.4. The number of furan rings is 2. The quantitative estimate of drug-likeness (QED) is 0.172. The molecule has 0 unspecified atom stereocenters. The van der Waals surface area contributed by atoms with Crippen LogP contribution in [-0.2, 0) is 6.18 Å². The van der Waals surface area contributed by atoms with Crippen LogP contribution >= 0.6 is 0 Å². The Labute approximate surface area is 474 Å². The van der Waals surface area contributed by atoms with Gasteiger partial charge in [0.05, 0.1) is 78.0 Å². The molecule has 0 amide bonds. The first-order chi connectivity index (χ1) is 41.3. The number of nitrogens with zero attached hydrogens (tertiary/aromatic N) is 5. The van der Waals surface area contributed by atoms with Gasteiger partial charge in [-0.2, -0.15) is 18.4 Å². The maximum Gasteiger partial charge on any atom is 0.418 e. The van der Waals surface area contributed by atoms with Gasteiger partial charge in [0.15, 0.2) is 0 Å². The van der Waals surface area contributed by atoms with Gasteiger partial charge in [0.25, 0.3) is 0 Å². The van der Waals surface area contributed by atoms with Crippen LogP contribution in [-0.4, -0.2) is 18.3 Å². The Kier molecular flexibility index (Phi) is 9.34. The topological polar surface area (TPSA) is 69.8 Å². The molecule has 10 heteroatoms. The van der Waals surface area contributed by atoms with E-state index >= 15 is 13.2 Å². The van der Waals surface area contributed by atoms with E-state index in [4.69, 9.17) is 8.83 Å². The highest BCUT2D eigenvalue weighted by Gasteiger charge is 2.38. The molecule has 0 spiro atoms. The molecule has 0 aliphatic heterocycles. The third-order valence-corrected chi connectivity index (χ3v) is 17.4. The number of fused-ring (bicyclic) bond motifs is 18. The van der Waals surface area contributed by atoms with E-state index in [-0.39, 0.29) is 16.8 Å². The van der Waals surface area contributed by atoms with Crippen LogP contribution in [0.2, 0.25) is 0 Å². The minimum absolute atomic E-state index is 0.0671. The second kappa shape index (κ2) is 16.9. The summed E-state index contributed by atoms with van der Waals surface area (Å²) in [7, 11) is 0. The van der Waals surface area contributed by atoms with Crippen LogP contribution in [0, 0.1) is 11.3 Å². The molecule has 0 aliphatic carbocycles. The largest absolute Gasteiger partial charge is 0.456 e. The molecular weight excluding hydrogens is 1050 g/mol. The van der Waals surface area contributed by atoms with Crippen molar-refractivity contribution in [1.82, 2.24) is 18.3 Å². The van der Waals surface area contributed by atoms with Gasteiger partial charge >= 0.3 is 6.18 Å². The van der Waals surface area contributed by atoms with Gasteiger partial charge in [-0.15, -0.1) is 0 Å². The van der Waals surface area contributed by atoms with Crippen molar-refractivity contribution in [3.8, 4) is 39.9 Å². The van der Waals surface area contributed by atoms with Crippen LogP contribution in [0.4, 0.5) is 13.2 Å². The van der Waals surface area contributed by atoms with Gasteiger partial charge in [0, 0.05) is 87.9 Å². The Balaban J connectivity index is 1.02. The highest BCUT2D eigenvalue weighted by atomic mass is 19.4. The molecule has 6 heterocycles. The Morgan fingerprint density at radius 2 is 0.607 bits per heavy atom. The fourth-order valence-corrected chi connectivity index (χ4v) is 13.9. The lowest BCUT2D eigenvalue weighted by Gasteiger charge is -2.24. The summed E-state index contributed by atoms with van der Waals surface area (Å²) in [6.45, 7) is 0. The zero-order valence-corrected chi connectivity index (χ0v) is 44.3. The van der Waals surface area contributed by atoms with Gasteiger partial charge in [0.2, 0.25) is 0 Å². The minimum atomic E-state index is -4.90. The summed E-state index contributed by atoms with van der Waals surface area (Å²) in [5.74, 6) is 0. The summed E-state index contributed by atoms with van der Waals surface area (Å²) < 4.78 is 72.3. The predicted molar refractivity (Wildman–Crippen MR) is 334 cm³/mol. The number of nitriles is 1. The number of aromatic nitrogens is 4. The van der Waals surface area contributed by atoms with Crippen molar-refractivity contribution in [1.29, 1.82) is 5.26 Å². The van der Waals surface area contributed by atoms with Crippen LogP contribution in [0.1, 0.15) is 11.1 Å². The van der Waals surface area contributed by atoms with Gasteiger partial charge in [0.1, 0.15) is 28.4 Å².